The molecule has 1 fully saturated rings. The quantitative estimate of drug-likeness (QED) is 0.503. The second-order valence-electron chi connectivity index (χ2n) is 7.96. The summed E-state index contributed by atoms with van der Waals surface area (Å²) in [6.45, 7) is 1.64. The lowest BCUT2D eigenvalue weighted by Gasteiger charge is -2.39. The fourth-order valence-electron chi connectivity index (χ4n) is 3.81. The fourth-order valence-corrected chi connectivity index (χ4v) is 3.81. The third-order valence-electron chi connectivity index (χ3n) is 5.58. The van der Waals surface area contributed by atoms with E-state index in [4.69, 9.17) is 10.2 Å². The molecule has 1 unspecified atom stereocenters. The molecule has 4 N–H and O–H groups in total. The van der Waals surface area contributed by atoms with Gasteiger partial charge in [0.1, 0.15) is 17.2 Å². The molecule has 178 valence electrons. The molecule has 1 atom stereocenters. The van der Waals surface area contributed by atoms with Gasteiger partial charge >= 0.3 is 0 Å². The van der Waals surface area contributed by atoms with E-state index in [1.807, 2.05) is 11.9 Å². The topological polar surface area (TPSA) is 125 Å². The van der Waals surface area contributed by atoms with Crippen LogP contribution in [0.25, 0.3) is 11.5 Å². The van der Waals surface area contributed by atoms with Crippen molar-refractivity contribution in [1.29, 1.82) is 0 Å². The minimum atomic E-state index is -0.953. The lowest BCUT2D eigenvalue weighted by Crippen LogP contribution is -2.55. The molecule has 11 heteroatoms. The van der Waals surface area contributed by atoms with Crippen LogP contribution in [0.2, 0.25) is 0 Å². The number of aliphatic hydroxyl groups is 1. The molecule has 0 aliphatic carbocycles. The average molecular weight is 471 g/mol. The van der Waals surface area contributed by atoms with Gasteiger partial charge in [0, 0.05) is 30.9 Å². The number of hydrogen-bond acceptors (Lipinski definition) is 7. The number of aliphatic hydroxyl groups excluding tert-OH is 1. The summed E-state index contributed by atoms with van der Waals surface area (Å²) in [6.07, 6.45) is 0. The number of nitrogens with zero attached hydrogens (tertiary/aromatic N) is 3. The van der Waals surface area contributed by atoms with Crippen LogP contribution in [-0.4, -0.2) is 71.0 Å². The molecule has 0 spiro atoms. The van der Waals surface area contributed by atoms with Crippen LogP contribution in [0.5, 0.6) is 0 Å². The summed E-state index contributed by atoms with van der Waals surface area (Å²) >= 11 is 0. The Hall–Kier alpha value is -3.83. The van der Waals surface area contributed by atoms with Gasteiger partial charge in [-0.05, 0) is 43.4 Å². The van der Waals surface area contributed by atoms with Gasteiger partial charge in [-0.1, -0.05) is 6.07 Å². The number of nitrogens with one attached hydrogen (secondary N) is 1. The zero-order chi connectivity index (χ0) is 24.4. The van der Waals surface area contributed by atoms with E-state index in [-0.39, 0.29) is 30.1 Å². The van der Waals surface area contributed by atoms with Gasteiger partial charge in [-0.15, -0.1) is 0 Å². The number of nitrogens with two attached hydrogens (primary N) is 1. The summed E-state index contributed by atoms with van der Waals surface area (Å²) in [5.74, 6) is -3.61. The minimum Gasteiger partial charge on any atom is -0.419 e. The molecule has 1 aliphatic rings. The molecule has 2 amide bonds. The number of likely N-dealkylation sites (N-methyl/N-ethyl adjacent to an activating group) is 1. The first kappa shape index (κ1) is 23.3. The molecular formula is C23H23F2N5O4. The van der Waals surface area contributed by atoms with Crippen molar-refractivity contribution in [2.24, 2.45) is 5.73 Å². The number of amides is 2. The number of hydrogen-bond donors (Lipinski definition) is 3. The summed E-state index contributed by atoms with van der Waals surface area (Å²) in [7, 11) is 1.93. The van der Waals surface area contributed by atoms with Crippen LogP contribution in [0.1, 0.15) is 20.8 Å². The molecule has 1 saturated heterocycles. The number of carbonyl (C=O) groups excluding carboxylic acids is 2. The van der Waals surface area contributed by atoms with Crippen molar-refractivity contribution in [3.8, 4) is 11.5 Å². The van der Waals surface area contributed by atoms with Gasteiger partial charge in [-0.3, -0.25) is 9.59 Å². The molecular weight excluding hydrogens is 448 g/mol. The van der Waals surface area contributed by atoms with Crippen LogP contribution in [-0.2, 0) is 0 Å². The van der Waals surface area contributed by atoms with Gasteiger partial charge in [0.05, 0.1) is 12.6 Å². The normalized spacial score (nSPS) is 16.5. The molecule has 1 aromatic heterocycles. The third kappa shape index (κ3) is 4.61. The maximum absolute atomic E-state index is 14.1. The van der Waals surface area contributed by atoms with Crippen molar-refractivity contribution in [2.75, 3.05) is 38.6 Å². The lowest BCUT2D eigenvalue weighted by atomic mass is 10.1. The summed E-state index contributed by atoms with van der Waals surface area (Å²) in [4.78, 5) is 32.3. The standard InChI is InChI=1S/C23H23F2N5O4/c1-29-9-10-30(15(11-29)12-31)23(33)13-5-7-14(8-6-13)27-22-19(20(26)32)28-21(34-22)18-16(24)3-2-4-17(18)25/h2-8,15,27,31H,9-12H2,1H3,(H2,26,32). The number of carbonyl (C=O) groups is 2. The Kier molecular flexibility index (Phi) is 6.57. The second kappa shape index (κ2) is 9.57. The van der Waals surface area contributed by atoms with Gasteiger partial charge in [0.25, 0.3) is 11.8 Å². The SMILES string of the molecule is CN1CCN(C(=O)c2ccc(Nc3oc(-c4c(F)cccc4F)nc3C(N)=O)cc2)C(CO)C1. The molecule has 2 heterocycles. The highest BCUT2D eigenvalue weighted by atomic mass is 19.1. The second-order valence-corrected chi connectivity index (χ2v) is 7.96. The van der Waals surface area contributed by atoms with Crippen molar-refractivity contribution in [2.45, 2.75) is 6.04 Å². The Labute approximate surface area is 193 Å². The van der Waals surface area contributed by atoms with Crippen molar-refractivity contribution in [3.05, 3.63) is 65.4 Å². The Morgan fingerprint density at radius 1 is 1.18 bits per heavy atom. The highest BCUT2D eigenvalue weighted by Gasteiger charge is 2.29. The number of benzene rings is 2. The van der Waals surface area contributed by atoms with Crippen LogP contribution in [0, 0.1) is 11.6 Å². The van der Waals surface area contributed by atoms with E-state index >= 15 is 0 Å². The van der Waals surface area contributed by atoms with Crippen LogP contribution < -0.4 is 11.1 Å². The zero-order valence-corrected chi connectivity index (χ0v) is 18.3. The Bertz CT molecular complexity index is 1190. The summed E-state index contributed by atoms with van der Waals surface area (Å²) < 4.78 is 33.7. The first-order chi connectivity index (χ1) is 16.3. The molecule has 1 aliphatic heterocycles. The van der Waals surface area contributed by atoms with Crippen molar-refractivity contribution < 1.29 is 27.9 Å². The molecule has 0 saturated carbocycles. The molecule has 0 radical (unpaired) electrons. The van der Waals surface area contributed by atoms with Crippen molar-refractivity contribution in [1.82, 2.24) is 14.8 Å². The molecule has 9 nitrogen and oxygen atoms in total. The largest absolute Gasteiger partial charge is 0.419 e. The Morgan fingerprint density at radius 2 is 1.85 bits per heavy atom. The molecule has 0 bridgehead atoms. The highest BCUT2D eigenvalue weighted by molar-refractivity contribution is 5.97. The third-order valence-corrected chi connectivity index (χ3v) is 5.58. The number of aromatic nitrogens is 1. The number of piperazine rings is 1. The molecule has 34 heavy (non-hydrogen) atoms. The number of primary amides is 1. The van der Waals surface area contributed by atoms with Gasteiger partial charge < -0.3 is 30.4 Å². The number of rotatable bonds is 6. The first-order valence-electron chi connectivity index (χ1n) is 10.5. The molecule has 4 rings (SSSR count). The van der Waals surface area contributed by atoms with E-state index in [1.165, 1.54) is 6.07 Å². The van der Waals surface area contributed by atoms with Gasteiger partial charge in [0.2, 0.25) is 11.8 Å². The maximum atomic E-state index is 14.1. The maximum Gasteiger partial charge on any atom is 0.273 e. The molecule has 3 aromatic rings. The van der Waals surface area contributed by atoms with Gasteiger partial charge in [-0.25, -0.2) is 13.8 Å². The predicted octanol–water partition coefficient (Wildman–Crippen LogP) is 2.21. The van der Waals surface area contributed by atoms with Crippen LogP contribution >= 0.6 is 0 Å². The van der Waals surface area contributed by atoms with Crippen LogP contribution in [0.3, 0.4) is 0 Å². The van der Waals surface area contributed by atoms with E-state index < -0.39 is 29.0 Å². The average Bonchev–Trinajstić information content (AvgIpc) is 3.22. The lowest BCUT2D eigenvalue weighted by molar-refractivity contribution is 0.0356. The number of oxazole rings is 1. The van der Waals surface area contributed by atoms with E-state index in [2.05, 4.69) is 10.3 Å². The monoisotopic (exact) mass is 471 g/mol. The fraction of sp³-hybridized carbons (Fsp3) is 0.261. The van der Waals surface area contributed by atoms with E-state index in [0.29, 0.717) is 30.9 Å². The summed E-state index contributed by atoms with van der Waals surface area (Å²) in [5, 5.41) is 12.4. The smallest absolute Gasteiger partial charge is 0.273 e. The van der Waals surface area contributed by atoms with E-state index in [1.54, 1.807) is 29.2 Å². The minimum absolute atomic E-state index is 0.137. The van der Waals surface area contributed by atoms with E-state index in [9.17, 15) is 23.5 Å². The van der Waals surface area contributed by atoms with Gasteiger partial charge in [-0.2, -0.15) is 0 Å². The summed E-state index contributed by atoms with van der Waals surface area (Å²) in [5.41, 5.74) is 5.34. The predicted molar refractivity (Wildman–Crippen MR) is 120 cm³/mol. The van der Waals surface area contributed by atoms with Gasteiger partial charge in [0.15, 0.2) is 5.69 Å². The van der Waals surface area contributed by atoms with E-state index in [0.717, 1.165) is 12.1 Å². The van der Waals surface area contributed by atoms with Crippen molar-refractivity contribution in [3.63, 3.8) is 0 Å². The van der Waals surface area contributed by atoms with Crippen LogP contribution in [0.15, 0.2) is 46.9 Å². The first-order valence-corrected chi connectivity index (χ1v) is 10.5. The Morgan fingerprint density at radius 3 is 2.47 bits per heavy atom. The number of anilines is 2. The highest BCUT2D eigenvalue weighted by Crippen LogP contribution is 2.31. The zero-order valence-electron chi connectivity index (χ0n) is 18.3. The summed E-state index contributed by atoms with van der Waals surface area (Å²) in [6, 6.07) is 9.29. The van der Waals surface area contributed by atoms with Crippen LogP contribution in [0.4, 0.5) is 20.4 Å². The Balaban J connectivity index is 1.56. The van der Waals surface area contributed by atoms with Crippen molar-refractivity contribution >= 4 is 23.4 Å². The number of halogens is 2. The molecule has 2 aromatic carbocycles.